The van der Waals surface area contributed by atoms with E-state index in [0.29, 0.717) is 12.2 Å². The van der Waals surface area contributed by atoms with E-state index in [-0.39, 0.29) is 0 Å². The number of hydrogen-bond donors (Lipinski definition) is 0. The first-order valence-corrected chi connectivity index (χ1v) is 7.38. The van der Waals surface area contributed by atoms with Crippen LogP contribution in [0.5, 0.6) is 5.75 Å². The number of nitrogens with zero attached hydrogens (tertiary/aromatic N) is 1. The first-order valence-electron chi connectivity index (χ1n) is 7.38. The molecule has 1 aromatic rings. The molecule has 0 aliphatic carbocycles. The Morgan fingerprint density at radius 3 is 2.20 bits per heavy atom. The van der Waals surface area contributed by atoms with Crippen molar-refractivity contribution in [3.8, 4) is 5.75 Å². The number of hydrogen-bond acceptors (Lipinski definition) is 3. The predicted octanol–water partition coefficient (Wildman–Crippen LogP) is 4.72. The molecular weight excluding hydrogens is 254 g/mol. The maximum absolute atomic E-state index is 11.0. The molecule has 0 bridgehead atoms. The average Bonchev–Trinajstić information content (AvgIpc) is 2.50. The van der Waals surface area contributed by atoms with E-state index >= 15 is 0 Å². The van der Waals surface area contributed by atoms with Gasteiger partial charge in [0, 0.05) is 10.7 Å². The lowest BCUT2D eigenvalue weighted by atomic mass is 10.1. The van der Waals surface area contributed by atoms with Gasteiger partial charge in [-0.2, -0.15) is 0 Å². The molecule has 1 rings (SSSR count). The Hall–Kier alpha value is -1.71. The van der Waals surface area contributed by atoms with E-state index in [1.54, 1.807) is 24.3 Å². The second-order valence-electron chi connectivity index (χ2n) is 4.89. The summed E-state index contributed by atoms with van der Waals surface area (Å²) in [4.78, 5) is 21.1. The largest absolute Gasteiger partial charge is 0.494 e. The third kappa shape index (κ3) is 6.45. The van der Waals surface area contributed by atoms with Crippen molar-refractivity contribution in [2.45, 2.75) is 51.9 Å². The van der Waals surface area contributed by atoms with Crippen LogP contribution in [-0.2, 0) is 0 Å². The highest BCUT2D eigenvalue weighted by Gasteiger charge is 2.04. The van der Waals surface area contributed by atoms with Crippen LogP contribution in [0.3, 0.4) is 0 Å². The summed E-state index contributed by atoms with van der Waals surface area (Å²) in [6.07, 6.45) is 8.75. The minimum Gasteiger partial charge on any atom is -0.494 e. The quantitative estimate of drug-likeness (QED) is 0.459. The van der Waals surface area contributed by atoms with E-state index in [1.165, 1.54) is 38.5 Å². The van der Waals surface area contributed by atoms with Gasteiger partial charge in [0.15, 0.2) is 0 Å². The van der Waals surface area contributed by atoms with Gasteiger partial charge in [0.25, 0.3) is 0 Å². The monoisotopic (exact) mass is 277 g/mol. The van der Waals surface area contributed by atoms with Crippen LogP contribution in [0.2, 0.25) is 0 Å². The summed E-state index contributed by atoms with van der Waals surface area (Å²) in [6.45, 7) is 2.91. The maximum atomic E-state index is 11.0. The van der Waals surface area contributed by atoms with Crippen molar-refractivity contribution >= 4 is 5.91 Å². The van der Waals surface area contributed by atoms with E-state index in [9.17, 15) is 9.70 Å². The standard InChI is InChI=1S/C16H23NO3/c1-2-3-4-5-6-7-8-13-20-15-11-9-14(10-12-15)16(18)17-19/h9-12H,2-8,13H2,1H3. The fourth-order valence-corrected chi connectivity index (χ4v) is 2.00. The van der Waals surface area contributed by atoms with Gasteiger partial charge in [0.1, 0.15) is 5.75 Å². The van der Waals surface area contributed by atoms with Gasteiger partial charge in [0.2, 0.25) is 0 Å². The van der Waals surface area contributed by atoms with E-state index in [2.05, 4.69) is 12.1 Å². The molecule has 0 N–H and O–H groups in total. The normalized spacial score (nSPS) is 10.2. The van der Waals surface area contributed by atoms with Crippen LogP contribution < -0.4 is 4.74 Å². The van der Waals surface area contributed by atoms with Crippen LogP contribution >= 0.6 is 0 Å². The first kappa shape index (κ1) is 16.3. The van der Waals surface area contributed by atoms with Crippen molar-refractivity contribution in [1.82, 2.24) is 0 Å². The molecule has 4 nitrogen and oxygen atoms in total. The lowest BCUT2D eigenvalue weighted by Gasteiger charge is -2.06. The van der Waals surface area contributed by atoms with Crippen molar-refractivity contribution in [2.24, 2.45) is 5.18 Å². The number of rotatable bonds is 10. The van der Waals surface area contributed by atoms with Crippen LogP contribution in [0, 0.1) is 4.91 Å². The molecular formula is C16H23NO3. The molecule has 0 unspecified atom stereocenters. The smallest absolute Gasteiger partial charge is 0.316 e. The van der Waals surface area contributed by atoms with Crippen LogP contribution in [0.25, 0.3) is 0 Å². The zero-order chi connectivity index (χ0) is 14.6. The zero-order valence-electron chi connectivity index (χ0n) is 12.1. The van der Waals surface area contributed by atoms with Gasteiger partial charge in [-0.3, -0.25) is 4.79 Å². The fourth-order valence-electron chi connectivity index (χ4n) is 2.00. The van der Waals surface area contributed by atoms with E-state index in [0.717, 1.165) is 12.2 Å². The number of amides is 1. The molecule has 0 heterocycles. The van der Waals surface area contributed by atoms with Crippen molar-refractivity contribution < 1.29 is 9.53 Å². The first-order chi connectivity index (χ1) is 9.77. The highest BCUT2D eigenvalue weighted by atomic mass is 16.5. The Morgan fingerprint density at radius 1 is 1.00 bits per heavy atom. The summed E-state index contributed by atoms with van der Waals surface area (Å²) in [6, 6.07) is 6.51. The van der Waals surface area contributed by atoms with Crippen LogP contribution in [0.15, 0.2) is 29.4 Å². The number of unbranched alkanes of at least 4 members (excludes halogenated alkanes) is 6. The van der Waals surface area contributed by atoms with Crippen LogP contribution in [-0.4, -0.2) is 12.5 Å². The molecule has 20 heavy (non-hydrogen) atoms. The summed E-state index contributed by atoms with van der Waals surface area (Å²) in [7, 11) is 0. The summed E-state index contributed by atoms with van der Waals surface area (Å²) < 4.78 is 5.58. The van der Waals surface area contributed by atoms with Gasteiger partial charge in [-0.1, -0.05) is 45.4 Å². The van der Waals surface area contributed by atoms with Gasteiger partial charge in [-0.15, -0.1) is 4.91 Å². The van der Waals surface area contributed by atoms with Crippen molar-refractivity contribution in [1.29, 1.82) is 0 Å². The summed E-state index contributed by atoms with van der Waals surface area (Å²) in [5.41, 5.74) is 0.295. The summed E-state index contributed by atoms with van der Waals surface area (Å²) in [5, 5.41) is 2.38. The minimum atomic E-state index is -0.747. The highest BCUT2D eigenvalue weighted by molar-refractivity contribution is 5.94. The molecule has 0 radical (unpaired) electrons. The van der Waals surface area contributed by atoms with Crippen molar-refractivity contribution in [2.75, 3.05) is 6.61 Å². The molecule has 0 aromatic heterocycles. The van der Waals surface area contributed by atoms with Gasteiger partial charge in [-0.25, -0.2) is 0 Å². The Kier molecular flexibility index (Phi) is 8.27. The highest BCUT2D eigenvalue weighted by Crippen LogP contribution is 2.14. The number of carbonyl (C=O) groups is 1. The minimum absolute atomic E-state index is 0.295. The number of ether oxygens (including phenoxy) is 1. The molecule has 4 heteroatoms. The summed E-state index contributed by atoms with van der Waals surface area (Å²) in [5.74, 6) is -0.0259. The third-order valence-electron chi connectivity index (χ3n) is 3.20. The number of nitroso groups, excluding NO2 is 1. The van der Waals surface area contributed by atoms with E-state index in [4.69, 9.17) is 4.74 Å². The van der Waals surface area contributed by atoms with Crippen molar-refractivity contribution in [3.05, 3.63) is 34.7 Å². The topological polar surface area (TPSA) is 55.7 Å². The van der Waals surface area contributed by atoms with Crippen LogP contribution in [0.1, 0.15) is 62.2 Å². The van der Waals surface area contributed by atoms with Crippen LogP contribution in [0.4, 0.5) is 0 Å². The Bertz CT molecular complexity index is 401. The number of benzene rings is 1. The SMILES string of the molecule is CCCCCCCCCOc1ccc(C(=O)N=O)cc1. The summed E-state index contributed by atoms with van der Waals surface area (Å²) >= 11 is 0. The van der Waals surface area contributed by atoms with Gasteiger partial charge < -0.3 is 4.74 Å². The molecule has 0 saturated heterocycles. The molecule has 0 saturated carbocycles. The van der Waals surface area contributed by atoms with Gasteiger partial charge >= 0.3 is 5.91 Å². The second-order valence-corrected chi connectivity index (χ2v) is 4.89. The molecule has 0 aliphatic rings. The molecule has 1 aromatic carbocycles. The molecule has 110 valence electrons. The average molecular weight is 277 g/mol. The molecule has 1 amide bonds. The Balaban J connectivity index is 2.13. The van der Waals surface area contributed by atoms with E-state index in [1.807, 2.05) is 0 Å². The molecule has 0 atom stereocenters. The lowest BCUT2D eigenvalue weighted by Crippen LogP contribution is -1.98. The van der Waals surface area contributed by atoms with Gasteiger partial charge in [-0.05, 0) is 30.7 Å². The Morgan fingerprint density at radius 2 is 1.60 bits per heavy atom. The molecule has 0 spiro atoms. The third-order valence-corrected chi connectivity index (χ3v) is 3.20. The predicted molar refractivity (Wildman–Crippen MR) is 80.1 cm³/mol. The lowest BCUT2D eigenvalue weighted by molar-refractivity contribution is 0.100. The molecule has 0 fully saturated rings. The van der Waals surface area contributed by atoms with Gasteiger partial charge in [0.05, 0.1) is 6.61 Å². The Labute approximate surface area is 120 Å². The molecule has 0 aliphatic heterocycles. The number of carbonyl (C=O) groups excluding carboxylic acids is 1. The second kappa shape index (κ2) is 10.1. The van der Waals surface area contributed by atoms with E-state index < -0.39 is 5.91 Å². The fraction of sp³-hybridized carbons (Fsp3) is 0.562. The van der Waals surface area contributed by atoms with Crippen molar-refractivity contribution in [3.63, 3.8) is 0 Å². The zero-order valence-corrected chi connectivity index (χ0v) is 12.1. The maximum Gasteiger partial charge on any atom is 0.316 e.